The van der Waals surface area contributed by atoms with E-state index in [2.05, 4.69) is 16.0 Å². The number of carbonyl (C=O) groups excluding carboxylic acids is 2. The Kier molecular flexibility index (Phi) is 5.75. The molecule has 4 rings (SSSR count). The summed E-state index contributed by atoms with van der Waals surface area (Å²) in [6.45, 7) is 0. The second-order valence-corrected chi connectivity index (χ2v) is 8.19. The second-order valence-electron chi connectivity index (χ2n) is 8.19. The summed E-state index contributed by atoms with van der Waals surface area (Å²) in [5.41, 5.74) is 0.0592. The van der Waals surface area contributed by atoms with E-state index in [-0.39, 0.29) is 18.2 Å². The molecule has 8 heteroatoms. The van der Waals surface area contributed by atoms with Gasteiger partial charge < -0.3 is 10.6 Å². The van der Waals surface area contributed by atoms with Gasteiger partial charge in [-0.3, -0.25) is 14.9 Å². The first-order valence-electron chi connectivity index (χ1n) is 10.4. The number of benzene rings is 2. The molecule has 3 N–H and O–H groups in total. The minimum Gasteiger partial charge on any atom is -0.345 e. The van der Waals surface area contributed by atoms with Crippen LogP contribution in [0.1, 0.15) is 55.0 Å². The molecule has 1 heterocycles. The van der Waals surface area contributed by atoms with Gasteiger partial charge in [0.15, 0.2) is 0 Å². The van der Waals surface area contributed by atoms with Crippen molar-refractivity contribution < 1.29 is 22.8 Å². The van der Waals surface area contributed by atoms with E-state index in [1.165, 1.54) is 12.1 Å². The summed E-state index contributed by atoms with van der Waals surface area (Å²) in [6, 6.07) is 13.6. The van der Waals surface area contributed by atoms with Gasteiger partial charge in [-0.2, -0.15) is 13.2 Å². The number of halogens is 3. The number of alkyl halides is 3. The lowest BCUT2D eigenvalue weighted by Crippen LogP contribution is -2.59. The first kappa shape index (κ1) is 21.4. The molecule has 31 heavy (non-hydrogen) atoms. The summed E-state index contributed by atoms with van der Waals surface area (Å²) in [6.07, 6.45) is -1.87. The quantitative estimate of drug-likeness (QED) is 0.690. The normalized spacial score (nSPS) is 23.3. The van der Waals surface area contributed by atoms with Crippen molar-refractivity contribution in [3.63, 3.8) is 0 Å². The molecule has 5 nitrogen and oxygen atoms in total. The van der Waals surface area contributed by atoms with Gasteiger partial charge in [0.05, 0.1) is 23.6 Å². The van der Waals surface area contributed by atoms with E-state index in [4.69, 9.17) is 0 Å². The van der Waals surface area contributed by atoms with Crippen molar-refractivity contribution in [3.05, 3.63) is 71.3 Å². The molecule has 164 valence electrons. The standard InChI is InChI=1S/C23H24F3N3O2/c24-23(25,26)17-10-8-16(9-11-17)22(12-4-5-13-22)29-21(31)18-14-19(30)28-20(27-18)15-6-2-1-3-7-15/h1-3,6-11,18,20,27H,4-5,12-14H2,(H,28,30)(H,29,31). The van der Waals surface area contributed by atoms with Crippen LogP contribution in [0.5, 0.6) is 0 Å². The fourth-order valence-corrected chi connectivity index (χ4v) is 4.47. The van der Waals surface area contributed by atoms with Gasteiger partial charge in [0.25, 0.3) is 0 Å². The lowest BCUT2D eigenvalue weighted by molar-refractivity contribution is -0.137. The van der Waals surface area contributed by atoms with Gasteiger partial charge in [-0.25, -0.2) is 0 Å². The predicted octanol–water partition coefficient (Wildman–Crippen LogP) is 3.77. The SMILES string of the molecule is O=C1CC(C(=O)NC2(c3ccc(C(F)(F)F)cc3)CCCC2)NC(c2ccccc2)N1. The Morgan fingerprint density at radius 2 is 1.65 bits per heavy atom. The lowest BCUT2D eigenvalue weighted by atomic mass is 9.87. The fraction of sp³-hybridized carbons (Fsp3) is 0.391. The molecule has 1 saturated carbocycles. The maximum Gasteiger partial charge on any atom is 0.416 e. The van der Waals surface area contributed by atoms with Crippen LogP contribution in [-0.2, 0) is 21.3 Å². The van der Waals surface area contributed by atoms with Gasteiger partial charge in [0.2, 0.25) is 11.8 Å². The summed E-state index contributed by atoms with van der Waals surface area (Å²) in [4.78, 5) is 25.4. The topological polar surface area (TPSA) is 70.2 Å². The summed E-state index contributed by atoms with van der Waals surface area (Å²) in [5.74, 6) is -0.555. The third-order valence-corrected chi connectivity index (χ3v) is 6.10. The highest BCUT2D eigenvalue weighted by molar-refractivity contribution is 5.90. The van der Waals surface area contributed by atoms with Gasteiger partial charge in [0, 0.05) is 0 Å². The number of hydrogen-bond donors (Lipinski definition) is 3. The smallest absolute Gasteiger partial charge is 0.345 e. The molecular formula is C23H24F3N3O2. The van der Waals surface area contributed by atoms with E-state index in [9.17, 15) is 22.8 Å². The second kappa shape index (κ2) is 8.34. The molecule has 2 aromatic rings. The van der Waals surface area contributed by atoms with Crippen molar-refractivity contribution in [2.75, 3.05) is 0 Å². The Bertz CT molecular complexity index is 939. The molecule has 2 amide bonds. The fourth-order valence-electron chi connectivity index (χ4n) is 4.47. The van der Waals surface area contributed by atoms with Crippen molar-refractivity contribution in [1.29, 1.82) is 0 Å². The van der Waals surface area contributed by atoms with Crippen molar-refractivity contribution in [2.45, 2.75) is 56.0 Å². The van der Waals surface area contributed by atoms with E-state index in [0.29, 0.717) is 18.4 Å². The van der Waals surface area contributed by atoms with Gasteiger partial charge in [-0.1, -0.05) is 55.3 Å². The lowest BCUT2D eigenvalue weighted by Gasteiger charge is -2.36. The average molecular weight is 431 g/mol. The molecule has 2 aromatic carbocycles. The third-order valence-electron chi connectivity index (χ3n) is 6.10. The minimum absolute atomic E-state index is 0.00173. The van der Waals surface area contributed by atoms with Gasteiger partial charge in [-0.15, -0.1) is 0 Å². The van der Waals surface area contributed by atoms with Crippen molar-refractivity contribution in [1.82, 2.24) is 16.0 Å². The number of nitrogens with one attached hydrogen (secondary N) is 3. The van der Waals surface area contributed by atoms with Crippen LogP contribution in [0.4, 0.5) is 13.2 Å². The van der Waals surface area contributed by atoms with Crippen LogP contribution in [0.15, 0.2) is 54.6 Å². The molecule has 0 radical (unpaired) electrons. The molecule has 2 unspecified atom stereocenters. The highest BCUT2D eigenvalue weighted by atomic mass is 19.4. The van der Waals surface area contributed by atoms with Crippen LogP contribution in [0.3, 0.4) is 0 Å². The first-order chi connectivity index (χ1) is 14.8. The molecule has 1 aliphatic carbocycles. The zero-order valence-corrected chi connectivity index (χ0v) is 16.8. The highest BCUT2D eigenvalue weighted by Gasteiger charge is 2.41. The van der Waals surface area contributed by atoms with Crippen LogP contribution >= 0.6 is 0 Å². The molecular weight excluding hydrogens is 407 g/mol. The molecule has 1 aliphatic heterocycles. The molecule has 0 spiro atoms. The summed E-state index contributed by atoms with van der Waals surface area (Å²) in [7, 11) is 0. The summed E-state index contributed by atoms with van der Waals surface area (Å²) in [5, 5.41) is 9.08. The monoisotopic (exact) mass is 431 g/mol. The third kappa shape index (κ3) is 4.58. The first-order valence-corrected chi connectivity index (χ1v) is 10.4. The number of rotatable bonds is 4. The maximum absolute atomic E-state index is 13.1. The van der Waals surface area contributed by atoms with Crippen LogP contribution in [0.25, 0.3) is 0 Å². The van der Waals surface area contributed by atoms with E-state index in [0.717, 1.165) is 30.5 Å². The summed E-state index contributed by atoms with van der Waals surface area (Å²) < 4.78 is 38.8. The van der Waals surface area contributed by atoms with Crippen molar-refractivity contribution in [3.8, 4) is 0 Å². The van der Waals surface area contributed by atoms with E-state index >= 15 is 0 Å². The number of hydrogen-bond acceptors (Lipinski definition) is 3. The Balaban J connectivity index is 1.53. The van der Waals surface area contributed by atoms with Crippen LogP contribution < -0.4 is 16.0 Å². The Labute approximate surface area is 178 Å². The molecule has 1 saturated heterocycles. The summed E-state index contributed by atoms with van der Waals surface area (Å²) >= 11 is 0. The Morgan fingerprint density at radius 1 is 1.00 bits per heavy atom. The van der Waals surface area contributed by atoms with Gasteiger partial charge >= 0.3 is 6.18 Å². The van der Waals surface area contributed by atoms with Gasteiger partial charge in [-0.05, 0) is 36.1 Å². The van der Waals surface area contributed by atoms with Crippen LogP contribution in [0.2, 0.25) is 0 Å². The van der Waals surface area contributed by atoms with E-state index in [1.54, 1.807) is 0 Å². The Morgan fingerprint density at radius 3 is 2.26 bits per heavy atom. The number of amides is 2. The van der Waals surface area contributed by atoms with Crippen LogP contribution in [0, 0.1) is 0 Å². The van der Waals surface area contributed by atoms with E-state index < -0.39 is 29.5 Å². The zero-order valence-electron chi connectivity index (χ0n) is 16.8. The molecule has 0 aromatic heterocycles. The van der Waals surface area contributed by atoms with Crippen molar-refractivity contribution in [2.24, 2.45) is 0 Å². The molecule has 0 bridgehead atoms. The minimum atomic E-state index is -4.41. The highest BCUT2D eigenvalue weighted by Crippen LogP contribution is 2.40. The molecule has 2 aliphatic rings. The van der Waals surface area contributed by atoms with Crippen molar-refractivity contribution >= 4 is 11.8 Å². The zero-order chi connectivity index (χ0) is 22.1. The number of carbonyl (C=O) groups is 2. The molecule has 2 atom stereocenters. The van der Waals surface area contributed by atoms with Crippen LogP contribution in [-0.4, -0.2) is 17.9 Å². The van der Waals surface area contributed by atoms with Gasteiger partial charge in [0.1, 0.15) is 6.17 Å². The molecule has 2 fully saturated rings. The average Bonchev–Trinajstić information content (AvgIpc) is 3.23. The Hall–Kier alpha value is -2.87. The predicted molar refractivity (Wildman–Crippen MR) is 109 cm³/mol. The maximum atomic E-state index is 13.1. The largest absolute Gasteiger partial charge is 0.416 e. The van der Waals surface area contributed by atoms with E-state index in [1.807, 2.05) is 30.3 Å².